The van der Waals surface area contributed by atoms with Gasteiger partial charge in [0.1, 0.15) is 12.1 Å². The molecule has 1 aliphatic carbocycles. The molecular formula is C21H29NO4. The van der Waals surface area contributed by atoms with Crippen LogP contribution in [-0.2, 0) is 9.53 Å². The van der Waals surface area contributed by atoms with Crippen molar-refractivity contribution in [2.45, 2.75) is 71.9 Å². The summed E-state index contributed by atoms with van der Waals surface area (Å²) < 4.78 is 5.42. The van der Waals surface area contributed by atoms with Crippen molar-refractivity contribution in [3.63, 3.8) is 0 Å². The maximum atomic E-state index is 13.3. The lowest BCUT2D eigenvalue weighted by molar-refractivity contribution is -0.156. The van der Waals surface area contributed by atoms with Gasteiger partial charge < -0.3 is 9.64 Å². The highest BCUT2D eigenvalue weighted by molar-refractivity contribution is 6.08. The monoisotopic (exact) mass is 359 g/mol. The average molecular weight is 359 g/mol. The van der Waals surface area contributed by atoms with Crippen molar-refractivity contribution in [2.24, 2.45) is 0 Å². The van der Waals surface area contributed by atoms with Gasteiger partial charge in [-0.2, -0.15) is 0 Å². The zero-order valence-corrected chi connectivity index (χ0v) is 16.4. The number of ether oxygens (including phenoxy) is 1. The second-order valence-corrected chi connectivity index (χ2v) is 8.01. The van der Waals surface area contributed by atoms with E-state index in [0.717, 1.165) is 31.2 Å². The zero-order chi connectivity index (χ0) is 19.5. The fraction of sp³-hybridized carbons (Fsp3) is 0.571. The van der Waals surface area contributed by atoms with E-state index in [4.69, 9.17) is 4.74 Å². The molecule has 0 saturated heterocycles. The van der Waals surface area contributed by atoms with Crippen LogP contribution < -0.4 is 0 Å². The Bertz CT molecular complexity index is 696. The van der Waals surface area contributed by atoms with Crippen molar-refractivity contribution in [3.8, 4) is 0 Å². The molecule has 142 valence electrons. The van der Waals surface area contributed by atoms with E-state index < -0.39 is 11.6 Å². The topological polar surface area (TPSA) is 63.7 Å². The number of Topliss-reactive ketones (excluding diaryl/α,β-unsaturated/α-hetero) is 1. The summed E-state index contributed by atoms with van der Waals surface area (Å²) in [5, 5.41) is 0. The van der Waals surface area contributed by atoms with Crippen molar-refractivity contribution >= 4 is 17.7 Å². The third-order valence-electron chi connectivity index (χ3n) is 4.60. The van der Waals surface area contributed by atoms with Gasteiger partial charge in [0.05, 0.1) is 5.56 Å². The Hall–Kier alpha value is -2.17. The summed E-state index contributed by atoms with van der Waals surface area (Å²) in [6, 6.07) is 5.27. The van der Waals surface area contributed by atoms with E-state index in [1.54, 1.807) is 37.8 Å². The SMILES string of the molecule is CC(=O)c1c(C)cccc1C(=O)N(CC(=O)OC(C)(C)C)C1CCCC1. The summed E-state index contributed by atoms with van der Waals surface area (Å²) in [4.78, 5) is 39.3. The number of ketones is 1. The van der Waals surface area contributed by atoms with Gasteiger partial charge in [-0.3, -0.25) is 14.4 Å². The number of rotatable bonds is 5. The fourth-order valence-electron chi connectivity index (χ4n) is 3.56. The summed E-state index contributed by atoms with van der Waals surface area (Å²) in [6.07, 6.45) is 3.82. The van der Waals surface area contributed by atoms with Crippen LogP contribution in [0.1, 0.15) is 79.7 Å². The Kier molecular flexibility index (Phi) is 6.21. The number of benzene rings is 1. The molecule has 2 rings (SSSR count). The lowest BCUT2D eigenvalue weighted by atomic mass is 9.97. The summed E-state index contributed by atoms with van der Waals surface area (Å²) >= 11 is 0. The molecule has 1 saturated carbocycles. The minimum atomic E-state index is -0.602. The molecule has 1 aromatic carbocycles. The van der Waals surface area contributed by atoms with Crippen molar-refractivity contribution in [1.82, 2.24) is 4.90 Å². The smallest absolute Gasteiger partial charge is 0.326 e. The predicted octanol–water partition coefficient (Wildman–Crippen LogP) is 3.92. The third-order valence-corrected chi connectivity index (χ3v) is 4.60. The quantitative estimate of drug-likeness (QED) is 0.590. The van der Waals surface area contributed by atoms with Gasteiger partial charge in [-0.15, -0.1) is 0 Å². The molecule has 1 fully saturated rings. The minimum Gasteiger partial charge on any atom is -0.459 e. The molecule has 5 nitrogen and oxygen atoms in total. The molecule has 0 aromatic heterocycles. The molecule has 0 spiro atoms. The molecule has 0 aliphatic heterocycles. The van der Waals surface area contributed by atoms with Crippen LogP contribution in [-0.4, -0.2) is 40.7 Å². The second-order valence-electron chi connectivity index (χ2n) is 8.01. The van der Waals surface area contributed by atoms with Gasteiger partial charge in [0.25, 0.3) is 5.91 Å². The fourth-order valence-corrected chi connectivity index (χ4v) is 3.56. The van der Waals surface area contributed by atoms with Crippen LogP contribution in [0.5, 0.6) is 0 Å². The van der Waals surface area contributed by atoms with E-state index in [1.807, 2.05) is 13.0 Å². The van der Waals surface area contributed by atoms with Crippen LogP contribution in [0, 0.1) is 6.92 Å². The highest BCUT2D eigenvalue weighted by atomic mass is 16.6. The van der Waals surface area contributed by atoms with Gasteiger partial charge in [-0.25, -0.2) is 0 Å². The molecule has 0 unspecified atom stereocenters. The molecule has 0 radical (unpaired) electrons. The third kappa shape index (κ3) is 4.93. The molecule has 1 aromatic rings. The van der Waals surface area contributed by atoms with E-state index >= 15 is 0 Å². The number of amides is 1. The van der Waals surface area contributed by atoms with Crippen LogP contribution in [0.3, 0.4) is 0 Å². The van der Waals surface area contributed by atoms with Gasteiger partial charge in [0.15, 0.2) is 5.78 Å². The Balaban J connectivity index is 2.34. The van der Waals surface area contributed by atoms with Crippen LogP contribution in [0.15, 0.2) is 18.2 Å². The van der Waals surface area contributed by atoms with E-state index in [-0.39, 0.29) is 24.3 Å². The standard InChI is InChI=1S/C21H29NO4/c1-14-9-8-12-17(19(14)15(2)23)20(25)22(16-10-6-7-11-16)13-18(24)26-21(3,4)5/h8-9,12,16H,6-7,10-11,13H2,1-5H3. The lowest BCUT2D eigenvalue weighted by Crippen LogP contribution is -2.44. The highest BCUT2D eigenvalue weighted by Gasteiger charge is 2.32. The first-order valence-corrected chi connectivity index (χ1v) is 9.23. The van der Waals surface area contributed by atoms with Gasteiger partial charge in [-0.05, 0) is 59.1 Å². The number of aryl methyl sites for hydroxylation is 1. The van der Waals surface area contributed by atoms with Crippen LogP contribution in [0.25, 0.3) is 0 Å². The molecule has 1 amide bonds. The first-order valence-electron chi connectivity index (χ1n) is 9.23. The first kappa shape index (κ1) is 20.1. The molecule has 0 bridgehead atoms. The van der Waals surface area contributed by atoms with E-state index in [9.17, 15) is 14.4 Å². The van der Waals surface area contributed by atoms with Crippen molar-refractivity contribution < 1.29 is 19.1 Å². The highest BCUT2D eigenvalue weighted by Crippen LogP contribution is 2.27. The van der Waals surface area contributed by atoms with Crippen molar-refractivity contribution in [2.75, 3.05) is 6.54 Å². The molecule has 0 heterocycles. The number of nitrogens with zero attached hydrogens (tertiary/aromatic N) is 1. The van der Waals surface area contributed by atoms with E-state index in [1.165, 1.54) is 6.92 Å². The maximum Gasteiger partial charge on any atom is 0.326 e. The Morgan fingerprint density at radius 3 is 2.31 bits per heavy atom. The van der Waals surface area contributed by atoms with Crippen LogP contribution >= 0.6 is 0 Å². The van der Waals surface area contributed by atoms with Crippen molar-refractivity contribution in [1.29, 1.82) is 0 Å². The summed E-state index contributed by atoms with van der Waals surface area (Å²) in [6.45, 7) is 8.61. The van der Waals surface area contributed by atoms with Gasteiger partial charge in [0.2, 0.25) is 0 Å². The number of carbonyl (C=O) groups is 3. The van der Waals surface area contributed by atoms with Gasteiger partial charge in [0, 0.05) is 11.6 Å². The predicted molar refractivity (Wildman–Crippen MR) is 100 cm³/mol. The maximum absolute atomic E-state index is 13.3. The molecule has 5 heteroatoms. The molecular weight excluding hydrogens is 330 g/mol. The Morgan fingerprint density at radius 2 is 1.77 bits per heavy atom. The largest absolute Gasteiger partial charge is 0.459 e. The zero-order valence-electron chi connectivity index (χ0n) is 16.4. The number of hydrogen-bond acceptors (Lipinski definition) is 4. The first-order chi connectivity index (χ1) is 12.1. The van der Waals surface area contributed by atoms with Crippen molar-refractivity contribution in [3.05, 3.63) is 34.9 Å². The second kappa shape index (κ2) is 8.02. The van der Waals surface area contributed by atoms with Crippen LogP contribution in [0.4, 0.5) is 0 Å². The Labute approximate surface area is 155 Å². The molecule has 26 heavy (non-hydrogen) atoms. The molecule has 0 N–H and O–H groups in total. The van der Waals surface area contributed by atoms with E-state index in [2.05, 4.69) is 0 Å². The van der Waals surface area contributed by atoms with Gasteiger partial charge in [-0.1, -0.05) is 25.0 Å². The Morgan fingerprint density at radius 1 is 1.15 bits per heavy atom. The number of carbonyl (C=O) groups excluding carboxylic acids is 3. The summed E-state index contributed by atoms with van der Waals surface area (Å²) in [7, 11) is 0. The van der Waals surface area contributed by atoms with E-state index in [0.29, 0.717) is 11.1 Å². The number of hydrogen-bond donors (Lipinski definition) is 0. The summed E-state index contributed by atoms with van der Waals surface area (Å²) in [5.74, 6) is -0.832. The number of esters is 1. The van der Waals surface area contributed by atoms with Gasteiger partial charge >= 0.3 is 5.97 Å². The summed E-state index contributed by atoms with van der Waals surface area (Å²) in [5.41, 5.74) is 0.972. The minimum absolute atomic E-state index is 0.00957. The average Bonchev–Trinajstić information content (AvgIpc) is 3.03. The molecule has 1 aliphatic rings. The lowest BCUT2D eigenvalue weighted by Gasteiger charge is -2.30. The normalized spacial score (nSPS) is 15.0. The molecule has 0 atom stereocenters. The van der Waals surface area contributed by atoms with Crippen LogP contribution in [0.2, 0.25) is 0 Å².